The molecule has 0 bridgehead atoms. The third kappa shape index (κ3) is 4.77. The Labute approximate surface area is 202 Å². The van der Waals surface area contributed by atoms with Gasteiger partial charge in [-0.1, -0.05) is 24.3 Å². The molecule has 0 aliphatic carbocycles. The van der Waals surface area contributed by atoms with Crippen molar-refractivity contribution in [2.24, 2.45) is 0 Å². The van der Waals surface area contributed by atoms with Gasteiger partial charge in [-0.25, -0.2) is 0 Å². The van der Waals surface area contributed by atoms with Gasteiger partial charge in [-0.2, -0.15) is 0 Å². The van der Waals surface area contributed by atoms with Gasteiger partial charge in [0.05, 0.1) is 11.3 Å². The summed E-state index contributed by atoms with van der Waals surface area (Å²) in [6.45, 7) is 1.71. The van der Waals surface area contributed by atoms with Crippen LogP contribution in [0, 0.1) is 0 Å². The van der Waals surface area contributed by atoms with E-state index in [1.807, 2.05) is 12.1 Å². The van der Waals surface area contributed by atoms with Gasteiger partial charge in [-0.05, 0) is 30.7 Å². The fourth-order valence-electron chi connectivity index (χ4n) is 4.46. The lowest BCUT2D eigenvalue weighted by Gasteiger charge is -2.37. The molecule has 0 unspecified atom stereocenters. The first-order valence-corrected chi connectivity index (χ1v) is 11.7. The first kappa shape index (κ1) is 22.7. The second kappa shape index (κ2) is 9.65. The molecular formula is C25H26N4O6. The first-order valence-electron chi connectivity index (χ1n) is 11.7. The van der Waals surface area contributed by atoms with Crippen molar-refractivity contribution in [3.8, 4) is 11.5 Å². The van der Waals surface area contributed by atoms with Crippen LogP contribution in [0.2, 0.25) is 0 Å². The predicted molar refractivity (Wildman–Crippen MR) is 125 cm³/mol. The zero-order chi connectivity index (χ0) is 24.4. The Balaban J connectivity index is 1.10. The highest BCUT2D eigenvalue weighted by Crippen LogP contribution is 2.31. The van der Waals surface area contributed by atoms with E-state index >= 15 is 0 Å². The molecule has 35 heavy (non-hydrogen) atoms. The average Bonchev–Trinajstić information content (AvgIpc) is 3.02. The highest BCUT2D eigenvalue weighted by Gasteiger charge is 2.34. The normalized spacial score (nSPS) is 21.4. The number of benzene rings is 2. The van der Waals surface area contributed by atoms with E-state index in [2.05, 4.69) is 10.6 Å². The van der Waals surface area contributed by atoms with E-state index in [9.17, 15) is 19.2 Å². The third-order valence-electron chi connectivity index (χ3n) is 6.43. The van der Waals surface area contributed by atoms with Gasteiger partial charge in [0.15, 0.2) is 11.5 Å². The fraction of sp³-hybridized carbons (Fsp3) is 0.360. The fourth-order valence-corrected chi connectivity index (χ4v) is 4.46. The minimum absolute atomic E-state index is 0.110. The number of ether oxygens (including phenoxy) is 2. The smallest absolute Gasteiger partial charge is 0.267 e. The Bertz CT molecular complexity index is 1160. The number of amides is 4. The molecule has 1 fully saturated rings. The van der Waals surface area contributed by atoms with Gasteiger partial charge < -0.3 is 29.9 Å². The van der Waals surface area contributed by atoms with Crippen molar-refractivity contribution in [3.05, 3.63) is 54.1 Å². The molecule has 0 aromatic heterocycles. The summed E-state index contributed by atoms with van der Waals surface area (Å²) in [4.78, 5) is 54.0. The van der Waals surface area contributed by atoms with E-state index in [0.717, 1.165) is 0 Å². The number of piperazine rings is 1. The Morgan fingerprint density at radius 3 is 2.40 bits per heavy atom. The van der Waals surface area contributed by atoms with Crippen LogP contribution in [0.25, 0.3) is 0 Å². The van der Waals surface area contributed by atoms with Gasteiger partial charge in [-0.15, -0.1) is 0 Å². The molecule has 0 radical (unpaired) electrons. The minimum Gasteiger partial charge on any atom is -0.485 e. The predicted octanol–water partition coefficient (Wildman–Crippen LogP) is 1.03. The molecule has 3 aliphatic rings. The van der Waals surface area contributed by atoms with E-state index in [1.165, 1.54) is 0 Å². The van der Waals surface area contributed by atoms with E-state index in [0.29, 0.717) is 48.9 Å². The van der Waals surface area contributed by atoms with E-state index < -0.39 is 12.1 Å². The number of fused-ring (bicyclic) bond motifs is 2. The molecule has 4 amide bonds. The molecule has 3 heterocycles. The Morgan fingerprint density at radius 1 is 0.914 bits per heavy atom. The summed E-state index contributed by atoms with van der Waals surface area (Å²) in [5.41, 5.74) is 0.853. The van der Waals surface area contributed by atoms with Crippen LogP contribution in [0.1, 0.15) is 23.2 Å². The molecule has 10 nitrogen and oxygen atoms in total. The summed E-state index contributed by atoms with van der Waals surface area (Å²) < 4.78 is 11.5. The Hall–Kier alpha value is -4.08. The maximum atomic E-state index is 12.9. The standard InChI is InChI=1S/C25H26N4O6/c30-22(10-9-18-24(32)26-17-6-2-1-5-16(17)23(31)27-18)28-11-13-29(14-12-28)25(33)21-15-34-19-7-3-4-8-20(19)35-21/h1-8,18,21H,9-15H2,(H,26,32)(H,27,31)/t18-,21-/m0/s1. The van der Waals surface area contributed by atoms with E-state index in [1.54, 1.807) is 46.2 Å². The van der Waals surface area contributed by atoms with Crippen LogP contribution in [0.4, 0.5) is 5.69 Å². The zero-order valence-corrected chi connectivity index (χ0v) is 19.1. The second-order valence-electron chi connectivity index (χ2n) is 8.67. The van der Waals surface area contributed by atoms with Crippen LogP contribution in [-0.4, -0.2) is 78.4 Å². The lowest BCUT2D eigenvalue weighted by atomic mass is 10.1. The van der Waals surface area contributed by atoms with Crippen molar-refractivity contribution < 1.29 is 28.7 Å². The molecule has 0 saturated carbocycles. The minimum atomic E-state index is -0.798. The lowest BCUT2D eigenvalue weighted by Crippen LogP contribution is -2.55. The second-order valence-corrected chi connectivity index (χ2v) is 8.67. The van der Waals surface area contributed by atoms with Gasteiger partial charge in [0, 0.05) is 32.6 Å². The van der Waals surface area contributed by atoms with Crippen LogP contribution in [0.3, 0.4) is 0 Å². The lowest BCUT2D eigenvalue weighted by molar-refractivity contribution is -0.146. The number of hydrogen-bond acceptors (Lipinski definition) is 6. The monoisotopic (exact) mass is 478 g/mol. The van der Waals surface area contributed by atoms with Gasteiger partial charge in [0.1, 0.15) is 12.6 Å². The summed E-state index contributed by atoms with van der Waals surface area (Å²) in [6.07, 6.45) is -0.413. The molecule has 5 rings (SSSR count). The van der Waals surface area contributed by atoms with E-state index in [4.69, 9.17) is 9.47 Å². The number of para-hydroxylation sites is 3. The Kier molecular flexibility index (Phi) is 6.26. The number of nitrogens with one attached hydrogen (secondary N) is 2. The number of anilines is 1. The van der Waals surface area contributed by atoms with Gasteiger partial charge >= 0.3 is 0 Å². The van der Waals surface area contributed by atoms with E-state index in [-0.39, 0.29) is 43.1 Å². The molecule has 182 valence electrons. The molecule has 10 heteroatoms. The van der Waals surface area contributed by atoms with Crippen molar-refractivity contribution >= 4 is 29.3 Å². The summed E-state index contributed by atoms with van der Waals surface area (Å²) in [5, 5.41) is 5.46. The van der Waals surface area contributed by atoms with Crippen molar-refractivity contribution in [2.45, 2.75) is 25.0 Å². The molecule has 3 aliphatic heterocycles. The first-order chi connectivity index (χ1) is 17.0. The van der Waals surface area contributed by atoms with Gasteiger partial charge in [-0.3, -0.25) is 19.2 Å². The average molecular weight is 479 g/mol. The zero-order valence-electron chi connectivity index (χ0n) is 19.1. The topological polar surface area (TPSA) is 117 Å². The molecule has 2 aromatic rings. The number of rotatable bonds is 4. The van der Waals surface area contributed by atoms with Crippen LogP contribution >= 0.6 is 0 Å². The van der Waals surface area contributed by atoms with Crippen LogP contribution in [-0.2, 0) is 14.4 Å². The molecule has 2 N–H and O–H groups in total. The number of hydrogen-bond donors (Lipinski definition) is 2. The highest BCUT2D eigenvalue weighted by molar-refractivity contribution is 6.09. The van der Waals surface area contributed by atoms with Crippen molar-refractivity contribution in [1.29, 1.82) is 0 Å². The summed E-state index contributed by atoms with van der Waals surface area (Å²) >= 11 is 0. The maximum absolute atomic E-state index is 12.9. The number of carbonyl (C=O) groups is 4. The number of carbonyl (C=O) groups excluding carboxylic acids is 4. The molecule has 2 atom stereocenters. The largest absolute Gasteiger partial charge is 0.485 e. The third-order valence-corrected chi connectivity index (χ3v) is 6.43. The number of nitrogens with zero attached hydrogens (tertiary/aromatic N) is 2. The highest BCUT2D eigenvalue weighted by atomic mass is 16.6. The summed E-state index contributed by atoms with van der Waals surface area (Å²) in [5.74, 6) is 0.192. The summed E-state index contributed by atoms with van der Waals surface area (Å²) in [6, 6.07) is 13.2. The van der Waals surface area contributed by atoms with Gasteiger partial charge in [0.2, 0.25) is 17.9 Å². The van der Waals surface area contributed by atoms with Crippen molar-refractivity contribution in [1.82, 2.24) is 15.1 Å². The maximum Gasteiger partial charge on any atom is 0.267 e. The Morgan fingerprint density at radius 2 is 1.60 bits per heavy atom. The molecule has 1 saturated heterocycles. The van der Waals surface area contributed by atoms with Gasteiger partial charge in [0.25, 0.3) is 11.8 Å². The SMILES string of the molecule is O=C1N[C@@H](CCC(=O)N2CCN(C(=O)[C@@H]3COc4ccccc4O3)CC2)C(=O)Nc2ccccc21. The molecule has 2 aromatic carbocycles. The molecular weight excluding hydrogens is 452 g/mol. The molecule has 0 spiro atoms. The van der Waals surface area contributed by atoms with Crippen LogP contribution in [0.5, 0.6) is 11.5 Å². The van der Waals surface area contributed by atoms with Crippen LogP contribution < -0.4 is 20.1 Å². The summed E-state index contributed by atoms with van der Waals surface area (Å²) in [7, 11) is 0. The van der Waals surface area contributed by atoms with Crippen molar-refractivity contribution in [3.63, 3.8) is 0 Å². The van der Waals surface area contributed by atoms with Crippen LogP contribution in [0.15, 0.2) is 48.5 Å². The van der Waals surface area contributed by atoms with Crippen molar-refractivity contribution in [2.75, 3.05) is 38.1 Å². The quantitative estimate of drug-likeness (QED) is 0.678.